The molecule has 1 atom stereocenters. The van der Waals surface area contributed by atoms with Gasteiger partial charge in [-0.05, 0) is 48.7 Å². The molecule has 94 valence electrons. The van der Waals surface area contributed by atoms with Gasteiger partial charge >= 0.3 is 0 Å². The van der Waals surface area contributed by atoms with Crippen LogP contribution in [0.4, 0.5) is 0 Å². The summed E-state index contributed by atoms with van der Waals surface area (Å²) >= 11 is 3.28. The molecule has 4 nitrogen and oxygen atoms in total. The van der Waals surface area contributed by atoms with Crippen LogP contribution in [0, 0.1) is 6.92 Å². The third-order valence-corrected chi connectivity index (χ3v) is 4.20. The molecule has 0 spiro atoms. The molecule has 5 heteroatoms. The number of hydrogen-bond acceptors (Lipinski definition) is 3. The van der Waals surface area contributed by atoms with Crippen molar-refractivity contribution in [2.24, 2.45) is 0 Å². The number of aromatic nitrogens is 2. The van der Waals surface area contributed by atoms with E-state index in [1.807, 2.05) is 6.92 Å². The molecule has 1 aliphatic heterocycles. The molecule has 1 aromatic rings. The van der Waals surface area contributed by atoms with E-state index >= 15 is 0 Å². The van der Waals surface area contributed by atoms with Crippen LogP contribution >= 0.6 is 15.9 Å². The van der Waals surface area contributed by atoms with Crippen molar-refractivity contribution in [2.45, 2.75) is 45.2 Å². The van der Waals surface area contributed by atoms with E-state index in [4.69, 9.17) is 0 Å². The van der Waals surface area contributed by atoms with Crippen molar-refractivity contribution in [3.8, 4) is 0 Å². The Morgan fingerprint density at radius 1 is 1.59 bits per heavy atom. The summed E-state index contributed by atoms with van der Waals surface area (Å²) in [5, 5.41) is 3.49. The summed E-state index contributed by atoms with van der Waals surface area (Å²) in [5.74, 6) is 0. The second-order valence-corrected chi connectivity index (χ2v) is 5.37. The van der Waals surface area contributed by atoms with Crippen LogP contribution < -0.4 is 10.9 Å². The van der Waals surface area contributed by atoms with Crippen LogP contribution in [0.2, 0.25) is 0 Å². The summed E-state index contributed by atoms with van der Waals surface area (Å²) < 4.78 is 2.27. The zero-order valence-corrected chi connectivity index (χ0v) is 11.7. The Morgan fingerprint density at radius 3 is 3.12 bits per heavy atom. The molecule has 1 aromatic heterocycles. The Bertz CT molecular complexity index is 438. The maximum absolute atomic E-state index is 11.9. The lowest BCUT2D eigenvalue weighted by Gasteiger charge is -2.23. The molecule has 0 radical (unpaired) electrons. The SMILES string of the molecule is Cc1ncn(CCC2CCCCN2)c(=O)c1Br. The van der Waals surface area contributed by atoms with Gasteiger partial charge in [0.2, 0.25) is 0 Å². The number of rotatable bonds is 3. The first kappa shape index (κ1) is 12.8. The summed E-state index contributed by atoms with van der Waals surface area (Å²) in [6.45, 7) is 3.68. The van der Waals surface area contributed by atoms with Crippen LogP contribution in [0.25, 0.3) is 0 Å². The monoisotopic (exact) mass is 299 g/mol. The van der Waals surface area contributed by atoms with E-state index < -0.39 is 0 Å². The average molecular weight is 300 g/mol. The van der Waals surface area contributed by atoms with E-state index in [1.54, 1.807) is 10.9 Å². The fourth-order valence-electron chi connectivity index (χ4n) is 2.17. The standard InChI is InChI=1S/C12H18BrN3O/c1-9-11(13)12(17)16(8-15-9)7-5-10-4-2-3-6-14-10/h8,10,14H,2-7H2,1H3. The first-order valence-corrected chi connectivity index (χ1v) is 6.92. The topological polar surface area (TPSA) is 46.9 Å². The predicted molar refractivity (Wildman–Crippen MR) is 71.2 cm³/mol. The lowest BCUT2D eigenvalue weighted by Crippen LogP contribution is -2.35. The molecule has 2 heterocycles. The van der Waals surface area contributed by atoms with Crippen molar-refractivity contribution in [2.75, 3.05) is 6.54 Å². The van der Waals surface area contributed by atoms with Gasteiger partial charge in [-0.2, -0.15) is 0 Å². The quantitative estimate of drug-likeness (QED) is 0.926. The molecule has 17 heavy (non-hydrogen) atoms. The van der Waals surface area contributed by atoms with Crippen LogP contribution in [-0.4, -0.2) is 22.1 Å². The number of piperidine rings is 1. The number of hydrogen-bond donors (Lipinski definition) is 1. The molecule has 1 unspecified atom stereocenters. The van der Waals surface area contributed by atoms with Gasteiger partial charge in [0, 0.05) is 12.6 Å². The van der Waals surface area contributed by atoms with Crippen LogP contribution in [-0.2, 0) is 6.54 Å². The Hall–Kier alpha value is -0.680. The highest BCUT2D eigenvalue weighted by Gasteiger charge is 2.13. The van der Waals surface area contributed by atoms with Gasteiger partial charge in [-0.3, -0.25) is 9.36 Å². The van der Waals surface area contributed by atoms with Crippen molar-refractivity contribution in [1.29, 1.82) is 0 Å². The third kappa shape index (κ3) is 3.16. The molecule has 1 aliphatic rings. The van der Waals surface area contributed by atoms with Gasteiger partial charge in [0.25, 0.3) is 5.56 Å². The normalized spacial score (nSPS) is 20.5. The fourth-order valence-corrected chi connectivity index (χ4v) is 2.50. The molecule has 0 aromatic carbocycles. The van der Waals surface area contributed by atoms with Gasteiger partial charge in [-0.25, -0.2) is 4.98 Å². The largest absolute Gasteiger partial charge is 0.314 e. The van der Waals surface area contributed by atoms with Crippen molar-refractivity contribution in [1.82, 2.24) is 14.9 Å². The van der Waals surface area contributed by atoms with Crippen molar-refractivity contribution < 1.29 is 0 Å². The van der Waals surface area contributed by atoms with Gasteiger partial charge in [0.05, 0.1) is 12.0 Å². The van der Waals surface area contributed by atoms with Crippen LogP contribution in [0.5, 0.6) is 0 Å². The summed E-state index contributed by atoms with van der Waals surface area (Å²) in [6.07, 6.45) is 6.42. The summed E-state index contributed by atoms with van der Waals surface area (Å²) in [6, 6.07) is 0.552. The maximum Gasteiger partial charge on any atom is 0.267 e. The maximum atomic E-state index is 11.9. The minimum absolute atomic E-state index is 0.0216. The minimum atomic E-state index is 0.0216. The summed E-state index contributed by atoms with van der Waals surface area (Å²) in [4.78, 5) is 16.1. The summed E-state index contributed by atoms with van der Waals surface area (Å²) in [7, 11) is 0. The first-order valence-electron chi connectivity index (χ1n) is 6.13. The molecule has 1 saturated heterocycles. The van der Waals surface area contributed by atoms with Gasteiger partial charge in [-0.1, -0.05) is 6.42 Å². The van der Waals surface area contributed by atoms with Crippen LogP contribution in [0.1, 0.15) is 31.4 Å². The Balaban J connectivity index is 1.99. The smallest absolute Gasteiger partial charge is 0.267 e. The zero-order valence-electron chi connectivity index (χ0n) is 10.1. The highest BCUT2D eigenvalue weighted by Crippen LogP contribution is 2.11. The van der Waals surface area contributed by atoms with Crippen molar-refractivity contribution in [3.63, 3.8) is 0 Å². The molecule has 0 bridgehead atoms. The lowest BCUT2D eigenvalue weighted by atomic mass is 10.0. The Labute approximate surface area is 110 Å². The van der Waals surface area contributed by atoms with Gasteiger partial charge in [0.15, 0.2) is 0 Å². The highest BCUT2D eigenvalue weighted by atomic mass is 79.9. The molecule has 1 N–H and O–H groups in total. The fraction of sp³-hybridized carbons (Fsp3) is 0.667. The molecule has 0 aliphatic carbocycles. The highest BCUT2D eigenvalue weighted by molar-refractivity contribution is 9.10. The first-order chi connectivity index (χ1) is 8.18. The molecule has 0 amide bonds. The van der Waals surface area contributed by atoms with Gasteiger partial charge < -0.3 is 5.32 Å². The molecule has 1 fully saturated rings. The van der Waals surface area contributed by atoms with E-state index in [-0.39, 0.29) is 5.56 Å². The Morgan fingerprint density at radius 2 is 2.41 bits per heavy atom. The van der Waals surface area contributed by atoms with E-state index in [0.717, 1.165) is 25.2 Å². The average Bonchev–Trinajstić information content (AvgIpc) is 2.36. The second kappa shape index (κ2) is 5.78. The molecular weight excluding hydrogens is 282 g/mol. The molecule has 2 rings (SSSR count). The van der Waals surface area contributed by atoms with Crippen molar-refractivity contribution >= 4 is 15.9 Å². The predicted octanol–water partition coefficient (Wildman–Crippen LogP) is 1.85. The Kier molecular flexibility index (Phi) is 4.34. The minimum Gasteiger partial charge on any atom is -0.314 e. The second-order valence-electron chi connectivity index (χ2n) is 4.58. The van der Waals surface area contributed by atoms with E-state index in [1.165, 1.54) is 19.3 Å². The number of nitrogens with zero attached hydrogens (tertiary/aromatic N) is 2. The number of aryl methyl sites for hydroxylation is 2. The van der Waals surface area contributed by atoms with E-state index in [9.17, 15) is 4.79 Å². The number of halogens is 1. The van der Waals surface area contributed by atoms with Crippen LogP contribution in [0.3, 0.4) is 0 Å². The van der Waals surface area contributed by atoms with Gasteiger partial charge in [-0.15, -0.1) is 0 Å². The molecule has 0 saturated carbocycles. The number of nitrogens with one attached hydrogen (secondary N) is 1. The third-order valence-electron chi connectivity index (χ3n) is 3.29. The van der Waals surface area contributed by atoms with Crippen LogP contribution in [0.15, 0.2) is 15.6 Å². The van der Waals surface area contributed by atoms with Gasteiger partial charge in [0.1, 0.15) is 4.47 Å². The molecular formula is C12H18BrN3O. The summed E-state index contributed by atoms with van der Waals surface area (Å²) in [5.41, 5.74) is 0.773. The van der Waals surface area contributed by atoms with E-state index in [0.29, 0.717) is 10.5 Å². The zero-order chi connectivity index (χ0) is 12.3. The van der Waals surface area contributed by atoms with Crippen molar-refractivity contribution in [3.05, 3.63) is 26.8 Å². The lowest BCUT2D eigenvalue weighted by molar-refractivity contribution is 0.364. The van der Waals surface area contributed by atoms with E-state index in [2.05, 4.69) is 26.2 Å².